The minimum atomic E-state index is -4.62. The Kier molecular flexibility index (Phi) is 15.1. The zero-order valence-corrected chi connectivity index (χ0v) is 24.9. The van der Waals surface area contributed by atoms with Crippen LogP contribution in [0.2, 0.25) is 0 Å². The minimum Gasteiger partial charge on any atom is -0.454 e. The lowest BCUT2D eigenvalue weighted by Crippen LogP contribution is -2.06. The lowest BCUT2D eigenvalue weighted by molar-refractivity contribution is 0.429. The summed E-state index contributed by atoms with van der Waals surface area (Å²) < 4.78 is 72.5. The fourth-order valence-corrected chi connectivity index (χ4v) is 6.07. The third-order valence-electron chi connectivity index (χ3n) is 6.98. The highest BCUT2D eigenvalue weighted by Gasteiger charge is 2.23. The Morgan fingerprint density at radius 3 is 1.49 bits per heavy atom. The molecule has 0 unspecified atom stereocenters. The van der Waals surface area contributed by atoms with Gasteiger partial charge in [0, 0.05) is 0 Å². The molecule has 0 radical (unpaired) electrons. The largest absolute Gasteiger partial charge is 0.454 e. The van der Waals surface area contributed by atoms with Crippen LogP contribution in [-0.2, 0) is 26.7 Å². The zero-order chi connectivity index (χ0) is 28.6. The van der Waals surface area contributed by atoms with Crippen molar-refractivity contribution < 1.29 is 30.7 Å². The van der Waals surface area contributed by atoms with Crippen molar-refractivity contribution in [3.63, 3.8) is 0 Å². The van der Waals surface area contributed by atoms with E-state index in [0.717, 1.165) is 31.7 Å². The maximum Gasteiger partial charge on any atom is 0.298 e. The Bertz CT molecular complexity index is 1190. The first-order valence-electron chi connectivity index (χ1n) is 14.5. The van der Waals surface area contributed by atoms with Gasteiger partial charge in [-0.2, -0.15) is 16.8 Å². The van der Waals surface area contributed by atoms with Gasteiger partial charge in [0.05, 0.1) is 0 Å². The molecule has 7 nitrogen and oxygen atoms in total. The van der Waals surface area contributed by atoms with E-state index >= 15 is 0 Å². The molecule has 2 rings (SSSR count). The van der Waals surface area contributed by atoms with Gasteiger partial charge in [-0.05, 0) is 36.6 Å². The van der Waals surface area contributed by atoms with Gasteiger partial charge >= 0.3 is 0 Å². The quantitative estimate of drug-likeness (QED) is 0.112. The summed E-state index contributed by atoms with van der Waals surface area (Å²) in [4.78, 5) is -0.926. The van der Waals surface area contributed by atoms with E-state index in [-0.39, 0.29) is 11.5 Å². The molecule has 2 aromatic carbocycles. The van der Waals surface area contributed by atoms with Crippen LogP contribution < -0.4 is 4.74 Å². The standard InChI is InChI=1S/C30H46O7S2/c1-2-3-4-5-6-7-8-9-10-11-12-13-14-15-16-17-21-26-22-20-25-29(39(34,35)36)30(26)37-27-23-18-19-24-28(27)38(31,32)33/h18-20,22-25H,2-17,21H2,1H3,(H,31,32,33)(H,34,35,36). The molecule has 0 amide bonds. The number of hydrogen-bond acceptors (Lipinski definition) is 5. The highest BCUT2D eigenvalue weighted by atomic mass is 32.2. The summed E-state index contributed by atoms with van der Waals surface area (Å²) in [5, 5.41) is 0. The van der Waals surface area contributed by atoms with E-state index in [0.29, 0.717) is 12.0 Å². The maximum atomic E-state index is 12.0. The smallest absolute Gasteiger partial charge is 0.298 e. The second kappa shape index (κ2) is 17.7. The molecule has 0 spiro atoms. The van der Waals surface area contributed by atoms with Crippen molar-refractivity contribution in [3.8, 4) is 11.5 Å². The van der Waals surface area contributed by atoms with Crippen LogP contribution in [0.3, 0.4) is 0 Å². The van der Waals surface area contributed by atoms with Crippen LogP contribution in [0.1, 0.15) is 115 Å². The van der Waals surface area contributed by atoms with Gasteiger partial charge in [-0.3, -0.25) is 9.11 Å². The molecule has 0 saturated carbocycles. The summed E-state index contributed by atoms with van der Waals surface area (Å²) in [7, 11) is -9.22. The normalized spacial score (nSPS) is 12.1. The first-order chi connectivity index (χ1) is 18.6. The predicted molar refractivity (Wildman–Crippen MR) is 156 cm³/mol. The SMILES string of the molecule is CCCCCCCCCCCCCCCCCCc1cccc(S(=O)(=O)O)c1Oc1ccccc1S(=O)(=O)O. The van der Waals surface area contributed by atoms with Crippen molar-refractivity contribution >= 4 is 20.2 Å². The number of ether oxygens (including phenoxy) is 1. The lowest BCUT2D eigenvalue weighted by Gasteiger charge is -2.16. The fourth-order valence-electron chi connectivity index (χ4n) is 4.80. The van der Waals surface area contributed by atoms with Gasteiger partial charge in [0.25, 0.3) is 20.2 Å². The molecule has 9 heteroatoms. The summed E-state index contributed by atoms with van der Waals surface area (Å²) in [6, 6.07) is 9.84. The van der Waals surface area contributed by atoms with Crippen LogP contribution in [0, 0.1) is 0 Å². The van der Waals surface area contributed by atoms with Crippen molar-refractivity contribution in [2.75, 3.05) is 0 Å². The van der Waals surface area contributed by atoms with E-state index < -0.39 is 30.0 Å². The summed E-state index contributed by atoms with van der Waals surface area (Å²) in [5.41, 5.74) is 0.542. The molecule has 0 heterocycles. The Balaban J connectivity index is 1.78. The fraction of sp³-hybridized carbons (Fsp3) is 0.600. The molecular formula is C30H46O7S2. The summed E-state index contributed by atoms with van der Waals surface area (Å²) >= 11 is 0. The molecule has 0 fully saturated rings. The van der Waals surface area contributed by atoms with Gasteiger partial charge in [0.1, 0.15) is 15.5 Å². The summed E-state index contributed by atoms with van der Waals surface area (Å²) in [5.74, 6) is -0.346. The first-order valence-corrected chi connectivity index (χ1v) is 17.4. The van der Waals surface area contributed by atoms with Crippen LogP contribution in [0.4, 0.5) is 0 Å². The van der Waals surface area contributed by atoms with Gasteiger partial charge in [0.2, 0.25) is 0 Å². The Morgan fingerprint density at radius 1 is 0.564 bits per heavy atom. The molecule has 39 heavy (non-hydrogen) atoms. The number of unbranched alkanes of at least 4 members (excludes halogenated alkanes) is 15. The molecule has 0 aliphatic carbocycles. The van der Waals surface area contributed by atoms with Gasteiger partial charge in [-0.15, -0.1) is 0 Å². The van der Waals surface area contributed by atoms with Crippen molar-refractivity contribution in [1.29, 1.82) is 0 Å². The number of hydrogen-bond donors (Lipinski definition) is 2. The Hall–Kier alpha value is -1.94. The van der Waals surface area contributed by atoms with E-state index in [4.69, 9.17) is 4.74 Å². The maximum absolute atomic E-state index is 12.0. The molecule has 0 aromatic heterocycles. The molecule has 0 bridgehead atoms. The molecule has 2 N–H and O–H groups in total. The third kappa shape index (κ3) is 12.8. The topological polar surface area (TPSA) is 118 Å². The van der Waals surface area contributed by atoms with Crippen molar-refractivity contribution in [3.05, 3.63) is 48.0 Å². The van der Waals surface area contributed by atoms with E-state index in [1.54, 1.807) is 6.07 Å². The minimum absolute atomic E-state index is 0.128. The van der Waals surface area contributed by atoms with Crippen LogP contribution in [0.15, 0.2) is 52.3 Å². The molecule has 0 aliphatic heterocycles. The molecular weight excluding hydrogens is 536 g/mol. The van der Waals surface area contributed by atoms with Crippen molar-refractivity contribution in [2.45, 2.75) is 126 Å². The average Bonchev–Trinajstić information content (AvgIpc) is 2.88. The predicted octanol–water partition coefficient (Wildman–Crippen LogP) is 8.78. The van der Waals surface area contributed by atoms with E-state index in [2.05, 4.69) is 6.92 Å². The van der Waals surface area contributed by atoms with Gasteiger partial charge < -0.3 is 4.74 Å². The van der Waals surface area contributed by atoms with Crippen LogP contribution in [0.25, 0.3) is 0 Å². The first kappa shape index (κ1) is 33.3. The van der Waals surface area contributed by atoms with Crippen LogP contribution >= 0.6 is 0 Å². The second-order valence-corrected chi connectivity index (χ2v) is 13.1. The number of rotatable bonds is 21. The summed E-state index contributed by atoms with van der Waals surface area (Å²) in [6.45, 7) is 2.25. The molecule has 0 saturated heterocycles. The van der Waals surface area contributed by atoms with Crippen LogP contribution in [0.5, 0.6) is 11.5 Å². The van der Waals surface area contributed by atoms with Gasteiger partial charge in [0.15, 0.2) is 5.75 Å². The molecule has 2 aromatic rings. The van der Waals surface area contributed by atoms with Crippen molar-refractivity contribution in [2.24, 2.45) is 0 Å². The lowest BCUT2D eigenvalue weighted by atomic mass is 10.0. The number of para-hydroxylation sites is 2. The monoisotopic (exact) mass is 582 g/mol. The molecule has 0 aliphatic rings. The number of benzene rings is 2. The summed E-state index contributed by atoms with van der Waals surface area (Å²) in [6.07, 6.45) is 20.5. The number of aryl methyl sites for hydroxylation is 1. The Labute approximate surface area is 235 Å². The highest BCUT2D eigenvalue weighted by molar-refractivity contribution is 7.86. The zero-order valence-electron chi connectivity index (χ0n) is 23.3. The second-order valence-electron chi connectivity index (χ2n) is 10.3. The van der Waals surface area contributed by atoms with Crippen molar-refractivity contribution in [1.82, 2.24) is 0 Å². The third-order valence-corrected chi connectivity index (χ3v) is 8.75. The van der Waals surface area contributed by atoms with Crippen LogP contribution in [-0.4, -0.2) is 25.9 Å². The van der Waals surface area contributed by atoms with E-state index in [1.807, 2.05) is 0 Å². The van der Waals surface area contributed by atoms with E-state index in [1.165, 1.54) is 107 Å². The Morgan fingerprint density at radius 2 is 1.00 bits per heavy atom. The average molecular weight is 583 g/mol. The molecule has 0 atom stereocenters. The van der Waals surface area contributed by atoms with Gasteiger partial charge in [-0.1, -0.05) is 128 Å². The molecule has 220 valence electrons. The highest BCUT2D eigenvalue weighted by Crippen LogP contribution is 2.36. The van der Waals surface area contributed by atoms with E-state index in [9.17, 15) is 25.9 Å². The van der Waals surface area contributed by atoms with Gasteiger partial charge in [-0.25, -0.2) is 0 Å².